The number of carbonyl (C=O) groups is 2. The molecule has 1 aliphatic heterocycles. The van der Waals surface area contributed by atoms with Crippen molar-refractivity contribution < 1.29 is 14.3 Å². The highest BCUT2D eigenvalue weighted by molar-refractivity contribution is 6.22. The number of hydrogen-bond donors (Lipinski definition) is 0. The first-order chi connectivity index (χ1) is 11.2. The lowest BCUT2D eigenvalue weighted by molar-refractivity contribution is -0.124. The van der Waals surface area contributed by atoms with Gasteiger partial charge in [0.1, 0.15) is 5.75 Å². The van der Waals surface area contributed by atoms with E-state index in [0.29, 0.717) is 24.1 Å². The van der Waals surface area contributed by atoms with Crippen LogP contribution in [0.25, 0.3) is 0 Å². The molecule has 118 valence electrons. The first-order valence-corrected chi connectivity index (χ1v) is 8.49. The molecule has 1 aromatic carbocycles. The molecule has 0 unspecified atom stereocenters. The van der Waals surface area contributed by atoms with Gasteiger partial charge in [-0.1, -0.05) is 12.2 Å². The van der Waals surface area contributed by atoms with E-state index < -0.39 is 0 Å². The number of allylic oxidation sites excluding steroid dienone is 2. The number of amides is 2. The van der Waals surface area contributed by atoms with E-state index >= 15 is 0 Å². The summed E-state index contributed by atoms with van der Waals surface area (Å²) in [5.74, 6) is 2.32. The van der Waals surface area contributed by atoms with E-state index in [1.807, 2.05) is 31.2 Å². The molecule has 5 aliphatic rings. The van der Waals surface area contributed by atoms with E-state index in [2.05, 4.69) is 12.2 Å². The Balaban J connectivity index is 1.49. The average molecular weight is 309 g/mol. The van der Waals surface area contributed by atoms with Crippen molar-refractivity contribution >= 4 is 17.5 Å². The van der Waals surface area contributed by atoms with E-state index in [0.717, 1.165) is 5.75 Å². The lowest BCUT2D eigenvalue weighted by atomic mass is 9.63. The highest BCUT2D eigenvalue weighted by atomic mass is 16.5. The zero-order chi connectivity index (χ0) is 15.7. The van der Waals surface area contributed by atoms with Crippen LogP contribution in [0.2, 0.25) is 0 Å². The van der Waals surface area contributed by atoms with Gasteiger partial charge < -0.3 is 4.74 Å². The van der Waals surface area contributed by atoms with Crippen molar-refractivity contribution in [2.45, 2.75) is 13.3 Å². The maximum Gasteiger partial charge on any atom is 0.238 e. The van der Waals surface area contributed by atoms with Crippen LogP contribution in [-0.4, -0.2) is 18.4 Å². The van der Waals surface area contributed by atoms with Crippen molar-refractivity contribution in [3.8, 4) is 5.75 Å². The maximum absolute atomic E-state index is 13.0. The fourth-order valence-electron chi connectivity index (χ4n) is 5.07. The van der Waals surface area contributed by atoms with E-state index in [9.17, 15) is 9.59 Å². The summed E-state index contributed by atoms with van der Waals surface area (Å²) in [6.45, 7) is 2.53. The number of carbonyl (C=O) groups excluding carboxylic acids is 2. The molecule has 0 spiro atoms. The number of nitrogens with zero attached hydrogens (tertiary/aromatic N) is 1. The van der Waals surface area contributed by atoms with Gasteiger partial charge in [0.25, 0.3) is 0 Å². The average Bonchev–Trinajstić information content (AvgIpc) is 3.34. The third-order valence-corrected chi connectivity index (χ3v) is 6.07. The van der Waals surface area contributed by atoms with Crippen LogP contribution in [0.1, 0.15) is 13.3 Å². The van der Waals surface area contributed by atoms with Gasteiger partial charge in [0.15, 0.2) is 0 Å². The monoisotopic (exact) mass is 309 g/mol. The molecule has 2 bridgehead atoms. The van der Waals surface area contributed by atoms with Gasteiger partial charge in [-0.2, -0.15) is 0 Å². The zero-order valence-corrected chi connectivity index (χ0v) is 13.0. The second-order valence-corrected chi connectivity index (χ2v) is 7.09. The van der Waals surface area contributed by atoms with Crippen molar-refractivity contribution in [1.82, 2.24) is 0 Å². The summed E-state index contributed by atoms with van der Waals surface area (Å²) in [6.07, 6.45) is 5.60. The third kappa shape index (κ3) is 1.66. The Morgan fingerprint density at radius 1 is 1.00 bits per heavy atom. The van der Waals surface area contributed by atoms with E-state index in [4.69, 9.17) is 4.74 Å². The molecule has 2 saturated carbocycles. The Bertz CT molecular complexity index is 687. The molecular weight excluding hydrogens is 290 g/mol. The molecule has 4 nitrogen and oxygen atoms in total. The predicted molar refractivity (Wildman–Crippen MR) is 84.8 cm³/mol. The van der Waals surface area contributed by atoms with Crippen LogP contribution in [0.5, 0.6) is 5.75 Å². The molecule has 4 aliphatic carbocycles. The van der Waals surface area contributed by atoms with Crippen LogP contribution in [0.3, 0.4) is 0 Å². The van der Waals surface area contributed by atoms with E-state index in [-0.39, 0.29) is 35.5 Å². The Kier molecular flexibility index (Phi) is 2.59. The summed E-state index contributed by atoms with van der Waals surface area (Å²) in [4.78, 5) is 27.3. The van der Waals surface area contributed by atoms with Gasteiger partial charge in [-0.05, 0) is 61.3 Å². The Hall–Kier alpha value is -2.10. The number of imide groups is 1. The van der Waals surface area contributed by atoms with Crippen LogP contribution in [-0.2, 0) is 9.59 Å². The maximum atomic E-state index is 13.0. The van der Waals surface area contributed by atoms with Crippen molar-refractivity contribution in [2.24, 2.45) is 35.5 Å². The number of rotatable bonds is 3. The molecule has 1 aromatic rings. The number of hydrogen-bond acceptors (Lipinski definition) is 3. The molecule has 6 rings (SSSR count). The standard InChI is InChI=1S/C19H19NO3/c1-2-23-11-5-3-10(4-6-11)20-18(21)16-12-7-8-13(15-9-14(12)15)17(16)19(20)22/h3-8,12-17H,2,9H2,1H3/t12-,13+,14+,15-,16+,17-. The third-order valence-electron chi connectivity index (χ3n) is 6.07. The highest BCUT2D eigenvalue weighted by Crippen LogP contribution is 2.65. The molecule has 0 radical (unpaired) electrons. The van der Waals surface area contributed by atoms with Crippen molar-refractivity contribution in [3.05, 3.63) is 36.4 Å². The first kappa shape index (κ1) is 13.3. The lowest BCUT2D eigenvalue weighted by Crippen LogP contribution is -2.40. The summed E-state index contributed by atoms with van der Waals surface area (Å²) < 4.78 is 5.44. The van der Waals surface area contributed by atoms with Gasteiger partial charge in [0.2, 0.25) is 11.8 Å². The van der Waals surface area contributed by atoms with Gasteiger partial charge in [-0.25, -0.2) is 0 Å². The molecular formula is C19H19NO3. The molecule has 2 amide bonds. The molecule has 1 heterocycles. The van der Waals surface area contributed by atoms with Crippen LogP contribution in [0, 0.1) is 35.5 Å². The summed E-state index contributed by atoms with van der Waals surface area (Å²) in [5.41, 5.74) is 0.672. The van der Waals surface area contributed by atoms with Crippen LogP contribution < -0.4 is 9.64 Å². The van der Waals surface area contributed by atoms with Gasteiger partial charge >= 0.3 is 0 Å². The van der Waals surface area contributed by atoms with Crippen molar-refractivity contribution in [3.63, 3.8) is 0 Å². The Labute approximate surface area is 135 Å². The normalized spacial score (nSPS) is 39.4. The summed E-state index contributed by atoms with van der Waals surface area (Å²) in [7, 11) is 0. The minimum atomic E-state index is -0.132. The number of ether oxygens (including phenoxy) is 1. The SMILES string of the molecule is CCOc1ccc(N2C(=O)[C@@H]3[C@H]4C=C[C@H]([C@@H]5C[C@H]45)[C@@H]3C2=O)cc1. The second kappa shape index (κ2) is 4.47. The fourth-order valence-corrected chi connectivity index (χ4v) is 5.07. The minimum Gasteiger partial charge on any atom is -0.494 e. The molecule has 23 heavy (non-hydrogen) atoms. The van der Waals surface area contributed by atoms with Gasteiger partial charge in [0, 0.05) is 0 Å². The molecule has 0 N–H and O–H groups in total. The smallest absolute Gasteiger partial charge is 0.238 e. The van der Waals surface area contributed by atoms with Gasteiger partial charge in [0.05, 0.1) is 24.1 Å². The lowest BCUT2D eigenvalue weighted by Gasteiger charge is -2.37. The van der Waals surface area contributed by atoms with E-state index in [1.165, 1.54) is 11.3 Å². The van der Waals surface area contributed by atoms with Crippen molar-refractivity contribution in [1.29, 1.82) is 0 Å². The molecule has 6 atom stereocenters. The quantitative estimate of drug-likeness (QED) is 0.637. The van der Waals surface area contributed by atoms with Crippen molar-refractivity contribution in [2.75, 3.05) is 11.5 Å². The molecule has 0 aromatic heterocycles. The molecule has 3 fully saturated rings. The van der Waals surface area contributed by atoms with Crippen LogP contribution in [0.15, 0.2) is 36.4 Å². The minimum absolute atomic E-state index is 0.00569. The zero-order valence-electron chi connectivity index (χ0n) is 13.0. The van der Waals surface area contributed by atoms with Gasteiger partial charge in [-0.3, -0.25) is 14.5 Å². The largest absolute Gasteiger partial charge is 0.494 e. The predicted octanol–water partition coefficient (Wildman–Crippen LogP) is 2.64. The Morgan fingerprint density at radius 3 is 2.09 bits per heavy atom. The molecule has 4 heteroatoms. The Morgan fingerprint density at radius 2 is 1.57 bits per heavy atom. The topological polar surface area (TPSA) is 46.6 Å². The second-order valence-electron chi connectivity index (χ2n) is 7.09. The number of anilines is 1. The first-order valence-electron chi connectivity index (χ1n) is 8.49. The summed E-state index contributed by atoms with van der Waals surface area (Å²) >= 11 is 0. The van der Waals surface area contributed by atoms with E-state index in [1.54, 1.807) is 0 Å². The van der Waals surface area contributed by atoms with Crippen LogP contribution in [0.4, 0.5) is 5.69 Å². The van der Waals surface area contributed by atoms with Crippen LogP contribution >= 0.6 is 0 Å². The molecule has 1 saturated heterocycles. The summed E-state index contributed by atoms with van der Waals surface area (Å²) in [5, 5.41) is 0. The summed E-state index contributed by atoms with van der Waals surface area (Å²) in [6, 6.07) is 7.28. The van der Waals surface area contributed by atoms with Gasteiger partial charge in [-0.15, -0.1) is 0 Å². The highest BCUT2D eigenvalue weighted by Gasteiger charge is 2.67. The number of benzene rings is 1. The fraction of sp³-hybridized carbons (Fsp3) is 0.474.